The Morgan fingerprint density at radius 1 is 1.42 bits per heavy atom. The van der Waals surface area contributed by atoms with Crippen LogP contribution in [0.3, 0.4) is 0 Å². The second-order valence-corrected chi connectivity index (χ2v) is 5.71. The van der Waals surface area contributed by atoms with Crippen LogP contribution in [0.5, 0.6) is 0 Å². The molecule has 1 aliphatic carbocycles. The normalized spacial score (nSPS) is 29.1. The molecule has 2 atom stereocenters. The molecule has 0 unspecified atom stereocenters. The minimum Gasteiger partial charge on any atom is -0.467 e. The van der Waals surface area contributed by atoms with E-state index in [2.05, 4.69) is 10.2 Å². The van der Waals surface area contributed by atoms with Gasteiger partial charge < -0.3 is 9.47 Å². The number of methoxy groups -OCH3 is 1. The second-order valence-electron chi connectivity index (χ2n) is 5.71. The van der Waals surface area contributed by atoms with Gasteiger partial charge in [0.05, 0.1) is 13.5 Å². The van der Waals surface area contributed by atoms with E-state index >= 15 is 0 Å². The van der Waals surface area contributed by atoms with Gasteiger partial charge in [0.15, 0.2) is 0 Å². The number of carbonyl (C=O) groups is 2. The Labute approximate surface area is 113 Å². The van der Waals surface area contributed by atoms with Crippen molar-refractivity contribution >= 4 is 12.1 Å². The summed E-state index contributed by atoms with van der Waals surface area (Å²) in [6, 6.07) is 0. The molecule has 0 aromatic carbocycles. The lowest BCUT2D eigenvalue weighted by Crippen LogP contribution is -2.50. The Kier molecular flexibility index (Phi) is 3.80. The summed E-state index contributed by atoms with van der Waals surface area (Å²) in [4.78, 5) is 27.5. The summed E-state index contributed by atoms with van der Waals surface area (Å²) >= 11 is 0. The third-order valence-electron chi connectivity index (χ3n) is 3.31. The van der Waals surface area contributed by atoms with Crippen molar-refractivity contribution in [3.63, 3.8) is 0 Å². The summed E-state index contributed by atoms with van der Waals surface area (Å²) in [5, 5.41) is 2.56. The molecule has 0 spiro atoms. The maximum Gasteiger partial charge on any atom is 0.408 e. The van der Waals surface area contributed by atoms with Gasteiger partial charge in [-0.25, -0.2) is 9.59 Å². The molecule has 0 heterocycles. The van der Waals surface area contributed by atoms with Gasteiger partial charge in [0, 0.05) is 6.42 Å². The molecular formula is C13H21N2O4+. The number of rotatable bonds is 3. The smallest absolute Gasteiger partial charge is 0.408 e. The molecule has 6 nitrogen and oxygen atoms in total. The SMILES string of the molecule is C#[N+][C@@]1(CC)C[C@]1(NC(=O)OC(C)(C)C)C(=O)OC. The highest BCUT2D eigenvalue weighted by Gasteiger charge is 2.83. The van der Waals surface area contributed by atoms with Crippen LogP contribution in [-0.4, -0.2) is 35.9 Å². The standard InChI is InChI=1S/C13H20N2O4/c1-7-12(14-5)8-13(12,9(16)18-6)15-10(17)19-11(2,3)4/h5H,7-8H2,1-4,6H3/p+1/t12-,13-/m0/s1. The summed E-state index contributed by atoms with van der Waals surface area (Å²) < 4.78 is 9.89. The van der Waals surface area contributed by atoms with Gasteiger partial charge in [-0.3, -0.25) is 5.32 Å². The van der Waals surface area contributed by atoms with E-state index in [0.717, 1.165) is 0 Å². The number of amides is 1. The van der Waals surface area contributed by atoms with E-state index < -0.39 is 28.7 Å². The van der Waals surface area contributed by atoms with Crippen LogP contribution in [-0.2, 0) is 14.3 Å². The fourth-order valence-electron chi connectivity index (χ4n) is 2.19. The first kappa shape index (κ1) is 15.3. The molecule has 1 aliphatic rings. The molecule has 0 bridgehead atoms. The van der Waals surface area contributed by atoms with Gasteiger partial charge in [-0.05, 0) is 20.8 Å². The predicted octanol–water partition coefficient (Wildman–Crippen LogP) is 1.94. The van der Waals surface area contributed by atoms with Crippen molar-refractivity contribution in [2.45, 2.75) is 57.2 Å². The van der Waals surface area contributed by atoms with E-state index in [1.165, 1.54) is 7.11 Å². The number of nitrogens with zero attached hydrogens (tertiary/aromatic N) is 1. The molecular weight excluding hydrogens is 248 g/mol. The average molecular weight is 269 g/mol. The zero-order valence-electron chi connectivity index (χ0n) is 12.1. The van der Waals surface area contributed by atoms with Gasteiger partial charge in [0.25, 0.3) is 6.57 Å². The first-order valence-electron chi connectivity index (χ1n) is 6.18. The van der Waals surface area contributed by atoms with E-state index in [9.17, 15) is 9.59 Å². The van der Waals surface area contributed by atoms with Crippen LogP contribution in [0.4, 0.5) is 4.79 Å². The van der Waals surface area contributed by atoms with Gasteiger partial charge in [-0.2, -0.15) is 0 Å². The molecule has 106 valence electrons. The monoisotopic (exact) mass is 269 g/mol. The van der Waals surface area contributed by atoms with E-state index in [4.69, 9.17) is 16.0 Å². The van der Waals surface area contributed by atoms with Gasteiger partial charge in [-0.1, -0.05) is 11.8 Å². The van der Waals surface area contributed by atoms with Crippen LogP contribution in [0, 0.1) is 6.57 Å². The van der Waals surface area contributed by atoms with Crippen LogP contribution in [0.25, 0.3) is 4.85 Å². The maximum atomic E-state index is 11.9. The lowest BCUT2D eigenvalue weighted by atomic mass is 10.1. The summed E-state index contributed by atoms with van der Waals surface area (Å²) in [7, 11) is 1.26. The molecule has 6 heteroatoms. The Morgan fingerprint density at radius 2 is 2.00 bits per heavy atom. The Balaban J connectivity index is 2.90. The molecule has 19 heavy (non-hydrogen) atoms. The zero-order valence-corrected chi connectivity index (χ0v) is 12.1. The minimum atomic E-state index is -1.21. The van der Waals surface area contributed by atoms with E-state index in [-0.39, 0.29) is 0 Å². The van der Waals surface area contributed by atoms with Crippen LogP contribution in [0.1, 0.15) is 40.5 Å². The number of carbonyl (C=O) groups excluding carboxylic acids is 2. The minimum absolute atomic E-state index is 0.318. The molecule has 1 amide bonds. The molecule has 0 radical (unpaired) electrons. The maximum absolute atomic E-state index is 11.9. The number of hydrogen-bond acceptors (Lipinski definition) is 4. The number of ether oxygens (including phenoxy) is 2. The lowest BCUT2D eigenvalue weighted by molar-refractivity contribution is -0.144. The Hall–Kier alpha value is -1.77. The topological polar surface area (TPSA) is 69.0 Å². The number of hydrogen-bond donors (Lipinski definition) is 1. The quantitative estimate of drug-likeness (QED) is 0.795. The fraction of sp³-hybridized carbons (Fsp3) is 0.769. The van der Waals surface area contributed by atoms with Gasteiger partial charge in [0.2, 0.25) is 5.54 Å². The molecule has 0 aromatic heterocycles. The van der Waals surface area contributed by atoms with Gasteiger partial charge in [-0.15, -0.1) is 0 Å². The third-order valence-corrected chi connectivity index (χ3v) is 3.31. The lowest BCUT2D eigenvalue weighted by Gasteiger charge is -2.22. The third kappa shape index (κ3) is 2.65. The largest absolute Gasteiger partial charge is 0.467 e. The predicted molar refractivity (Wildman–Crippen MR) is 70.1 cm³/mol. The molecule has 1 N–H and O–H groups in total. The molecule has 0 saturated heterocycles. The van der Waals surface area contributed by atoms with Gasteiger partial charge >= 0.3 is 17.6 Å². The fourth-order valence-corrected chi connectivity index (χ4v) is 2.19. The first-order valence-corrected chi connectivity index (χ1v) is 6.18. The molecule has 0 aliphatic heterocycles. The highest BCUT2D eigenvalue weighted by atomic mass is 16.6. The molecule has 1 rings (SSSR count). The highest BCUT2D eigenvalue weighted by molar-refractivity contribution is 5.93. The number of nitrogens with one attached hydrogen (secondary N) is 1. The van der Waals surface area contributed by atoms with Crippen molar-refractivity contribution in [3.05, 3.63) is 4.85 Å². The van der Waals surface area contributed by atoms with Gasteiger partial charge in [0.1, 0.15) is 5.60 Å². The zero-order chi connectivity index (χ0) is 14.9. The number of alkyl carbamates (subject to hydrolysis) is 1. The van der Waals surface area contributed by atoms with E-state index in [1.54, 1.807) is 20.8 Å². The Bertz CT molecular complexity index is 435. The summed E-state index contributed by atoms with van der Waals surface area (Å²) in [6.45, 7) is 12.4. The first-order chi connectivity index (χ1) is 8.66. The summed E-state index contributed by atoms with van der Waals surface area (Å²) in [6.07, 6.45) is 0.157. The molecule has 1 saturated carbocycles. The Morgan fingerprint density at radius 3 is 2.32 bits per heavy atom. The van der Waals surface area contributed by atoms with Crippen LogP contribution < -0.4 is 5.32 Å². The van der Waals surface area contributed by atoms with Crippen molar-refractivity contribution in [1.82, 2.24) is 5.32 Å². The van der Waals surface area contributed by atoms with E-state index in [1.807, 2.05) is 6.92 Å². The molecule has 1 fully saturated rings. The summed E-state index contributed by atoms with van der Waals surface area (Å²) in [5.74, 6) is -0.561. The number of esters is 1. The van der Waals surface area contributed by atoms with Crippen LogP contribution >= 0.6 is 0 Å². The second kappa shape index (κ2) is 4.72. The van der Waals surface area contributed by atoms with Crippen LogP contribution in [0.2, 0.25) is 0 Å². The van der Waals surface area contributed by atoms with Crippen LogP contribution in [0.15, 0.2) is 0 Å². The van der Waals surface area contributed by atoms with Crippen molar-refractivity contribution < 1.29 is 19.1 Å². The van der Waals surface area contributed by atoms with Crippen molar-refractivity contribution in [1.29, 1.82) is 0 Å². The van der Waals surface area contributed by atoms with Crippen molar-refractivity contribution in [2.24, 2.45) is 0 Å². The highest BCUT2D eigenvalue weighted by Crippen LogP contribution is 2.54. The molecule has 0 aromatic rings. The summed E-state index contributed by atoms with van der Waals surface area (Å²) in [5.41, 5.74) is -2.67. The average Bonchev–Trinajstić information content (AvgIpc) is 2.95. The van der Waals surface area contributed by atoms with Crippen molar-refractivity contribution in [3.8, 4) is 6.57 Å². The van der Waals surface area contributed by atoms with E-state index in [0.29, 0.717) is 12.8 Å². The van der Waals surface area contributed by atoms with Crippen molar-refractivity contribution in [2.75, 3.05) is 7.11 Å².